The van der Waals surface area contributed by atoms with Gasteiger partial charge in [0.1, 0.15) is 0 Å². The molecular weight excluding hydrogens is 373 g/mol. The third kappa shape index (κ3) is 4.34. The summed E-state index contributed by atoms with van der Waals surface area (Å²) in [6.07, 6.45) is 0.464. The van der Waals surface area contributed by atoms with Crippen molar-refractivity contribution >= 4 is 29.2 Å². The first kappa shape index (κ1) is 19.8. The fourth-order valence-corrected chi connectivity index (χ4v) is 2.17. The number of halogens is 5. The SMILES string of the molecule is CC(C)c1ccc(NC(=S)N/N=C\c2c(F)c(F)c(F)c(F)c2F)cc1. The van der Waals surface area contributed by atoms with E-state index in [9.17, 15) is 22.0 Å². The molecule has 2 rings (SSSR count). The van der Waals surface area contributed by atoms with Gasteiger partial charge >= 0.3 is 0 Å². The number of benzene rings is 2. The van der Waals surface area contributed by atoms with Gasteiger partial charge < -0.3 is 5.32 Å². The van der Waals surface area contributed by atoms with E-state index in [1.54, 1.807) is 12.1 Å². The highest BCUT2D eigenvalue weighted by atomic mass is 32.1. The van der Waals surface area contributed by atoms with E-state index >= 15 is 0 Å². The molecule has 0 aliphatic heterocycles. The average molecular weight is 387 g/mol. The zero-order chi connectivity index (χ0) is 19.4. The summed E-state index contributed by atoms with van der Waals surface area (Å²) in [5.74, 6) is -9.91. The first-order chi connectivity index (χ1) is 12.2. The molecule has 0 fully saturated rings. The molecule has 0 saturated heterocycles. The first-order valence-corrected chi connectivity index (χ1v) is 7.84. The summed E-state index contributed by atoms with van der Waals surface area (Å²) < 4.78 is 66.1. The molecule has 0 aliphatic rings. The van der Waals surface area contributed by atoms with Crippen LogP contribution in [-0.4, -0.2) is 11.3 Å². The largest absolute Gasteiger partial charge is 0.331 e. The van der Waals surface area contributed by atoms with Crippen LogP contribution in [0.4, 0.5) is 27.6 Å². The summed E-state index contributed by atoms with van der Waals surface area (Å²) in [5.41, 5.74) is 2.84. The van der Waals surface area contributed by atoms with E-state index in [-0.39, 0.29) is 5.11 Å². The minimum Gasteiger partial charge on any atom is -0.331 e. The Morgan fingerprint density at radius 1 is 0.923 bits per heavy atom. The number of nitrogens with one attached hydrogen (secondary N) is 2. The minimum atomic E-state index is -2.23. The van der Waals surface area contributed by atoms with Crippen molar-refractivity contribution in [2.45, 2.75) is 19.8 Å². The maximum atomic E-state index is 13.5. The molecule has 2 N–H and O–H groups in total. The van der Waals surface area contributed by atoms with Crippen LogP contribution in [0, 0.1) is 29.1 Å². The molecule has 0 saturated carbocycles. The molecule has 138 valence electrons. The van der Waals surface area contributed by atoms with Gasteiger partial charge in [-0.15, -0.1) is 0 Å². The van der Waals surface area contributed by atoms with Gasteiger partial charge in [0.05, 0.1) is 11.8 Å². The molecule has 0 heterocycles. The predicted molar refractivity (Wildman–Crippen MR) is 93.7 cm³/mol. The number of anilines is 1. The van der Waals surface area contributed by atoms with Crippen molar-refractivity contribution in [1.82, 2.24) is 5.43 Å². The van der Waals surface area contributed by atoms with E-state index in [0.29, 0.717) is 17.8 Å². The van der Waals surface area contributed by atoms with Crippen molar-refractivity contribution in [3.05, 3.63) is 64.5 Å². The van der Waals surface area contributed by atoms with E-state index in [1.807, 2.05) is 26.0 Å². The van der Waals surface area contributed by atoms with Crippen LogP contribution in [0.3, 0.4) is 0 Å². The number of hydrazone groups is 1. The summed E-state index contributed by atoms with van der Waals surface area (Å²) in [4.78, 5) is 0. The monoisotopic (exact) mass is 387 g/mol. The highest BCUT2D eigenvalue weighted by molar-refractivity contribution is 7.80. The van der Waals surface area contributed by atoms with E-state index in [2.05, 4.69) is 15.8 Å². The van der Waals surface area contributed by atoms with Crippen molar-refractivity contribution in [3.63, 3.8) is 0 Å². The zero-order valence-electron chi connectivity index (χ0n) is 13.7. The Morgan fingerprint density at radius 2 is 1.42 bits per heavy atom. The van der Waals surface area contributed by atoms with Gasteiger partial charge in [0, 0.05) is 5.69 Å². The van der Waals surface area contributed by atoms with Gasteiger partial charge in [0.25, 0.3) is 0 Å². The fourth-order valence-electron chi connectivity index (χ4n) is 2.00. The number of hydrogen-bond acceptors (Lipinski definition) is 2. The molecule has 0 aliphatic carbocycles. The standard InChI is InChI=1S/C17H14F5N3S/c1-8(2)9-3-5-10(6-4-9)24-17(26)25-23-7-11-12(18)14(20)16(22)15(21)13(11)19/h3-8H,1-2H3,(H2,24,25,26)/b23-7-. The lowest BCUT2D eigenvalue weighted by molar-refractivity contribution is 0.377. The molecule has 3 nitrogen and oxygen atoms in total. The zero-order valence-corrected chi connectivity index (χ0v) is 14.5. The van der Waals surface area contributed by atoms with Crippen LogP contribution in [0.2, 0.25) is 0 Å². The van der Waals surface area contributed by atoms with Crippen LogP contribution in [0.15, 0.2) is 29.4 Å². The maximum absolute atomic E-state index is 13.5. The molecule has 9 heteroatoms. The fraction of sp³-hybridized carbons (Fsp3) is 0.176. The molecule has 2 aromatic carbocycles. The molecule has 0 bridgehead atoms. The van der Waals surface area contributed by atoms with E-state index in [1.165, 1.54) is 0 Å². The normalized spacial score (nSPS) is 11.2. The van der Waals surface area contributed by atoms with Crippen molar-refractivity contribution in [1.29, 1.82) is 0 Å². The van der Waals surface area contributed by atoms with Crippen molar-refractivity contribution < 1.29 is 22.0 Å². The lowest BCUT2D eigenvalue weighted by atomic mass is 10.0. The molecule has 0 aromatic heterocycles. The third-order valence-corrected chi connectivity index (χ3v) is 3.63. The van der Waals surface area contributed by atoms with Crippen LogP contribution in [0.1, 0.15) is 30.9 Å². The molecular formula is C17H14F5N3S. The Bertz CT molecular complexity index is 821. The molecule has 0 atom stereocenters. The molecule has 0 amide bonds. The summed E-state index contributed by atoms with van der Waals surface area (Å²) >= 11 is 4.94. The second-order valence-corrected chi connectivity index (χ2v) is 5.99. The van der Waals surface area contributed by atoms with Crippen LogP contribution in [0.25, 0.3) is 0 Å². The van der Waals surface area contributed by atoms with Gasteiger partial charge in [-0.1, -0.05) is 26.0 Å². The number of hydrogen-bond donors (Lipinski definition) is 2. The smallest absolute Gasteiger partial charge is 0.200 e. The van der Waals surface area contributed by atoms with E-state index in [4.69, 9.17) is 12.2 Å². The van der Waals surface area contributed by atoms with E-state index in [0.717, 1.165) is 5.56 Å². The van der Waals surface area contributed by atoms with Crippen LogP contribution < -0.4 is 10.7 Å². The molecule has 2 aromatic rings. The van der Waals surface area contributed by atoms with Gasteiger partial charge in [-0.25, -0.2) is 22.0 Å². The second-order valence-electron chi connectivity index (χ2n) is 5.58. The van der Waals surface area contributed by atoms with Gasteiger partial charge in [-0.2, -0.15) is 5.10 Å². The summed E-state index contributed by atoms with van der Waals surface area (Å²) in [7, 11) is 0. The number of rotatable bonds is 4. The number of thiocarbonyl (C=S) groups is 1. The lowest BCUT2D eigenvalue weighted by Gasteiger charge is -2.09. The summed E-state index contributed by atoms with van der Waals surface area (Å²) in [6, 6.07) is 7.34. The minimum absolute atomic E-state index is 0.0255. The molecule has 0 spiro atoms. The number of nitrogens with zero attached hydrogens (tertiary/aromatic N) is 1. The van der Waals surface area contributed by atoms with Crippen LogP contribution in [-0.2, 0) is 0 Å². The Kier molecular flexibility index (Phi) is 6.25. The van der Waals surface area contributed by atoms with Crippen molar-refractivity contribution in [2.75, 3.05) is 5.32 Å². The maximum Gasteiger partial charge on any atom is 0.200 e. The summed E-state index contributed by atoms with van der Waals surface area (Å²) in [6.45, 7) is 4.09. The Hall–Kier alpha value is -2.55. The highest BCUT2D eigenvalue weighted by Crippen LogP contribution is 2.21. The molecule has 26 heavy (non-hydrogen) atoms. The summed E-state index contributed by atoms with van der Waals surface area (Å²) in [5, 5.41) is 6.14. The Labute approximate surface area is 151 Å². The topological polar surface area (TPSA) is 36.4 Å². The molecule has 0 radical (unpaired) electrons. The average Bonchev–Trinajstić information content (AvgIpc) is 2.61. The van der Waals surface area contributed by atoms with Gasteiger partial charge in [0.2, 0.25) is 5.82 Å². The van der Waals surface area contributed by atoms with Crippen molar-refractivity contribution in [3.8, 4) is 0 Å². The van der Waals surface area contributed by atoms with Crippen LogP contribution >= 0.6 is 12.2 Å². The lowest BCUT2D eigenvalue weighted by Crippen LogP contribution is -2.24. The van der Waals surface area contributed by atoms with Gasteiger partial charge in [0.15, 0.2) is 28.4 Å². The first-order valence-electron chi connectivity index (χ1n) is 7.43. The quantitative estimate of drug-likeness (QED) is 0.197. The Morgan fingerprint density at radius 3 is 1.92 bits per heavy atom. The van der Waals surface area contributed by atoms with E-state index < -0.39 is 34.6 Å². The second kappa shape index (κ2) is 8.22. The predicted octanol–water partition coefficient (Wildman–Crippen LogP) is 4.83. The highest BCUT2D eigenvalue weighted by Gasteiger charge is 2.24. The van der Waals surface area contributed by atoms with Gasteiger partial charge in [-0.3, -0.25) is 5.43 Å². The van der Waals surface area contributed by atoms with Crippen molar-refractivity contribution in [2.24, 2.45) is 5.10 Å². The Balaban J connectivity index is 2.06. The van der Waals surface area contributed by atoms with Gasteiger partial charge in [-0.05, 0) is 35.8 Å². The third-order valence-electron chi connectivity index (χ3n) is 3.44. The van der Waals surface area contributed by atoms with Crippen LogP contribution in [0.5, 0.6) is 0 Å². The molecule has 0 unspecified atom stereocenters.